The Morgan fingerprint density at radius 1 is 0.351 bits per heavy atom. The van der Waals surface area contributed by atoms with Gasteiger partial charge in [0.05, 0.1) is 23.3 Å². The van der Waals surface area contributed by atoms with E-state index in [1.54, 1.807) is 0 Å². The molecule has 9 aromatic rings. The van der Waals surface area contributed by atoms with E-state index in [9.17, 15) is 0 Å². The first-order valence-corrected chi connectivity index (χ1v) is 18.2. The van der Waals surface area contributed by atoms with Crippen LogP contribution < -0.4 is 19.4 Å². The van der Waals surface area contributed by atoms with Gasteiger partial charge >= 0.3 is 19.5 Å². The minimum atomic E-state index is 0. The molecule has 3 aromatic heterocycles. The number of ether oxygens (including phenoxy) is 2. The molecule has 0 atom stereocenters. The molecule has 10 nitrogen and oxygen atoms in total. The third-order valence-corrected chi connectivity index (χ3v) is 9.96. The Hall–Kier alpha value is -7.10. The fourth-order valence-corrected chi connectivity index (χ4v) is 7.21. The quantitative estimate of drug-likeness (QED) is 0.151. The molecule has 0 saturated heterocycles. The van der Waals surface area contributed by atoms with Crippen molar-refractivity contribution in [1.82, 2.24) is 39.9 Å². The molecular formula is C46H28N8O2Zn. The molecule has 0 unspecified atom stereocenters. The van der Waals surface area contributed by atoms with Crippen molar-refractivity contribution in [3.8, 4) is 57.1 Å². The monoisotopic (exact) mass is 788 g/mol. The van der Waals surface area contributed by atoms with Gasteiger partial charge in [0, 0.05) is 44.8 Å². The van der Waals surface area contributed by atoms with E-state index in [4.69, 9.17) is 49.3 Å². The predicted octanol–water partition coefficient (Wildman–Crippen LogP) is 9.28. The molecule has 11 rings (SSSR count). The number of hydrogen-bond acceptors (Lipinski definition) is 8. The van der Waals surface area contributed by atoms with Crippen molar-refractivity contribution in [2.75, 3.05) is 0 Å². The van der Waals surface area contributed by atoms with E-state index in [2.05, 4.69) is 0 Å². The number of benzene rings is 6. The topological polar surface area (TPSA) is 124 Å². The number of rotatable bonds is 6. The van der Waals surface area contributed by atoms with Crippen LogP contribution in [0.5, 0.6) is 11.5 Å². The van der Waals surface area contributed by atoms with Gasteiger partial charge in [0.25, 0.3) is 0 Å². The van der Waals surface area contributed by atoms with Gasteiger partial charge in [-0.2, -0.15) is 0 Å². The van der Waals surface area contributed by atoms with Crippen LogP contribution in [-0.4, -0.2) is 29.9 Å². The summed E-state index contributed by atoms with van der Waals surface area (Å²) in [6, 6.07) is 47.7. The average Bonchev–Trinajstić information content (AvgIpc) is 3.98. The van der Waals surface area contributed by atoms with E-state index in [0.717, 1.165) is 54.9 Å². The Balaban J connectivity index is 0.00000396. The van der Waals surface area contributed by atoms with Crippen LogP contribution >= 0.6 is 0 Å². The van der Waals surface area contributed by atoms with E-state index in [1.165, 1.54) is 0 Å². The van der Waals surface area contributed by atoms with Gasteiger partial charge in [-0.1, -0.05) is 133 Å². The van der Waals surface area contributed by atoms with Gasteiger partial charge in [-0.25, -0.2) is 9.97 Å². The van der Waals surface area contributed by atoms with E-state index < -0.39 is 0 Å². The van der Waals surface area contributed by atoms with Crippen molar-refractivity contribution in [3.05, 3.63) is 157 Å². The summed E-state index contributed by atoms with van der Waals surface area (Å²) < 4.78 is 13.0. The Kier molecular flexibility index (Phi) is 8.57. The maximum atomic E-state index is 6.50. The minimum absolute atomic E-state index is 0. The molecule has 266 valence electrons. The maximum absolute atomic E-state index is 6.50. The van der Waals surface area contributed by atoms with Gasteiger partial charge in [0.1, 0.15) is 13.2 Å². The maximum Gasteiger partial charge on any atom is 2.00 e. The van der Waals surface area contributed by atoms with Gasteiger partial charge < -0.3 is 39.4 Å². The van der Waals surface area contributed by atoms with Crippen LogP contribution in [0.2, 0.25) is 0 Å². The second kappa shape index (κ2) is 14.2. The predicted molar refractivity (Wildman–Crippen MR) is 216 cm³/mol. The number of nitrogens with zero attached hydrogens (tertiary/aromatic N) is 8. The van der Waals surface area contributed by atoms with Crippen LogP contribution in [0.4, 0.5) is 0 Å². The molecule has 8 bridgehead atoms. The van der Waals surface area contributed by atoms with Crippen molar-refractivity contribution in [1.29, 1.82) is 0 Å². The van der Waals surface area contributed by atoms with E-state index in [1.807, 2.05) is 146 Å². The van der Waals surface area contributed by atoms with Crippen molar-refractivity contribution in [3.63, 3.8) is 0 Å². The number of aromatic nitrogens is 8. The number of fused-ring (bicyclic) bond motifs is 20. The molecule has 0 fully saturated rings. The van der Waals surface area contributed by atoms with Crippen molar-refractivity contribution in [2.24, 2.45) is 0 Å². The van der Waals surface area contributed by atoms with Crippen LogP contribution in [0, 0.1) is 0 Å². The molecule has 11 heteroatoms. The van der Waals surface area contributed by atoms with Gasteiger partial charge in [0.2, 0.25) is 0 Å². The zero-order chi connectivity index (χ0) is 37.0. The zero-order valence-electron chi connectivity index (χ0n) is 30.4. The summed E-state index contributed by atoms with van der Waals surface area (Å²) in [7, 11) is 0. The summed E-state index contributed by atoms with van der Waals surface area (Å²) in [6.07, 6.45) is 0. The first kappa shape index (κ1) is 34.4. The van der Waals surface area contributed by atoms with Crippen LogP contribution in [0.3, 0.4) is 0 Å². The van der Waals surface area contributed by atoms with Crippen LogP contribution in [0.15, 0.2) is 146 Å². The molecule has 0 N–H and O–H groups in total. The molecular weight excluding hydrogens is 762 g/mol. The summed E-state index contributed by atoms with van der Waals surface area (Å²) >= 11 is 0. The standard InChI is InChI=1S/C46H28N8O2.Zn/c1-3-13-27(14-4-1)25-55-37-23-35-36(24-38(37)56-26-28-15-5-2-6-16-28)46-53-44-34-22-12-10-20-32(34)42(51-44)49-40-30-18-8-7-17-29(30)39(47-40)48-41-31-19-9-11-21-33(31)43(50-41)52-45(35)54-46;/h1-24H,25-26H2;/q-2;+2. The van der Waals surface area contributed by atoms with E-state index >= 15 is 0 Å². The molecule has 0 aliphatic carbocycles. The van der Waals surface area contributed by atoms with Crippen LogP contribution in [-0.2, 0) is 32.7 Å². The second-order valence-electron chi connectivity index (χ2n) is 13.5. The fourth-order valence-electron chi connectivity index (χ4n) is 7.21. The summed E-state index contributed by atoms with van der Waals surface area (Å²) in [5.74, 6) is 3.00. The summed E-state index contributed by atoms with van der Waals surface area (Å²) in [4.78, 5) is 40.3. The molecule has 2 aliphatic heterocycles. The van der Waals surface area contributed by atoms with Crippen molar-refractivity contribution >= 4 is 44.1 Å². The SMILES string of the molecule is [Zn+2].c1ccc(COc2cc3c(cc2OCc2ccccc2)-c2nc-3nc3[n-]c(nc4nc(nc5[n-]c(n2)c2ccccc52)-c2ccccc2-4)c2ccccc32)cc1. The smallest absolute Gasteiger partial charge is 0.485 e. The normalized spacial score (nSPS) is 11.5. The first-order valence-electron chi connectivity index (χ1n) is 18.2. The van der Waals surface area contributed by atoms with E-state index in [0.29, 0.717) is 70.6 Å². The molecule has 0 radical (unpaired) electrons. The third kappa shape index (κ3) is 6.18. The molecule has 0 spiro atoms. The first-order chi connectivity index (χ1) is 27.7. The van der Waals surface area contributed by atoms with Gasteiger partial charge in [-0.15, -0.1) is 0 Å². The molecule has 57 heavy (non-hydrogen) atoms. The van der Waals surface area contributed by atoms with Gasteiger partial charge in [-0.05, 0) is 44.8 Å². The molecule has 2 aliphatic rings. The second-order valence-corrected chi connectivity index (χ2v) is 13.5. The summed E-state index contributed by atoms with van der Waals surface area (Å²) in [6.45, 7) is 0.682. The van der Waals surface area contributed by atoms with Crippen LogP contribution in [0.1, 0.15) is 11.1 Å². The largest absolute Gasteiger partial charge is 2.00 e. The summed E-state index contributed by atoms with van der Waals surface area (Å²) in [5.41, 5.74) is 7.20. The van der Waals surface area contributed by atoms with Crippen LogP contribution in [0.25, 0.3) is 89.7 Å². The van der Waals surface area contributed by atoms with Gasteiger partial charge in [0.15, 0.2) is 11.5 Å². The minimum Gasteiger partial charge on any atom is -0.485 e. The molecule has 0 saturated carbocycles. The van der Waals surface area contributed by atoms with Gasteiger partial charge in [-0.3, -0.25) is 0 Å². The third-order valence-electron chi connectivity index (χ3n) is 9.96. The number of hydrogen-bond donors (Lipinski definition) is 0. The van der Waals surface area contributed by atoms with E-state index in [-0.39, 0.29) is 19.5 Å². The zero-order valence-corrected chi connectivity index (χ0v) is 33.3. The Labute approximate surface area is 338 Å². The Morgan fingerprint density at radius 3 is 1.04 bits per heavy atom. The fraction of sp³-hybridized carbons (Fsp3) is 0.0435. The Bertz CT molecular complexity index is 2960. The van der Waals surface area contributed by atoms with Crippen molar-refractivity contribution < 1.29 is 29.0 Å². The average molecular weight is 790 g/mol. The molecule has 5 heterocycles. The Morgan fingerprint density at radius 2 is 0.667 bits per heavy atom. The molecule has 0 amide bonds. The molecule has 6 aromatic carbocycles. The summed E-state index contributed by atoms with van der Waals surface area (Å²) in [5, 5.41) is 3.36. The van der Waals surface area contributed by atoms with Crippen molar-refractivity contribution in [2.45, 2.75) is 13.2 Å².